The first-order valence-electron chi connectivity index (χ1n) is 5.38. The van der Waals surface area contributed by atoms with Crippen LogP contribution in [0.1, 0.15) is 43.2 Å². The molecular formula is C12H17NO2. The van der Waals surface area contributed by atoms with Crippen molar-refractivity contribution in [2.45, 2.75) is 38.3 Å². The van der Waals surface area contributed by atoms with Crippen LogP contribution in [0.5, 0.6) is 0 Å². The molecule has 2 rings (SSSR count). The van der Waals surface area contributed by atoms with Crippen molar-refractivity contribution in [3.8, 4) is 0 Å². The molecule has 1 atom stereocenters. The van der Waals surface area contributed by atoms with Crippen LogP contribution in [0, 0.1) is 0 Å². The summed E-state index contributed by atoms with van der Waals surface area (Å²) in [5, 5.41) is 0. The second-order valence-electron chi connectivity index (χ2n) is 4.71. The van der Waals surface area contributed by atoms with Crippen LogP contribution in [0.4, 0.5) is 0 Å². The predicted molar refractivity (Wildman–Crippen MR) is 58.1 cm³/mol. The first-order valence-corrected chi connectivity index (χ1v) is 5.38. The lowest BCUT2D eigenvalue weighted by molar-refractivity contribution is -0.0692. The third-order valence-electron chi connectivity index (χ3n) is 3.00. The van der Waals surface area contributed by atoms with E-state index in [4.69, 9.17) is 4.74 Å². The second-order valence-corrected chi connectivity index (χ2v) is 4.71. The fourth-order valence-electron chi connectivity index (χ4n) is 2.28. The molecule has 0 bridgehead atoms. The Labute approximate surface area is 90.0 Å². The van der Waals surface area contributed by atoms with E-state index in [0.717, 1.165) is 31.4 Å². The van der Waals surface area contributed by atoms with E-state index < -0.39 is 0 Å². The molecule has 1 aromatic heterocycles. The second kappa shape index (κ2) is 3.81. The van der Waals surface area contributed by atoms with Gasteiger partial charge in [0.2, 0.25) is 0 Å². The maximum Gasteiger partial charge on any atom is 0.166 e. The van der Waals surface area contributed by atoms with Gasteiger partial charge in [-0.1, -0.05) is 0 Å². The Kier molecular flexibility index (Phi) is 2.65. The van der Waals surface area contributed by atoms with Crippen molar-refractivity contribution >= 4 is 6.29 Å². The molecule has 0 aromatic carbocycles. The molecular weight excluding hydrogens is 190 g/mol. The number of carbonyl (C=O) groups is 1. The number of carbonyl (C=O) groups excluding carboxylic acids is 1. The maximum absolute atomic E-state index is 10.8. The molecule has 1 saturated heterocycles. The Morgan fingerprint density at radius 2 is 2.40 bits per heavy atom. The van der Waals surface area contributed by atoms with Crippen molar-refractivity contribution < 1.29 is 9.53 Å². The van der Waals surface area contributed by atoms with Crippen LogP contribution < -0.4 is 0 Å². The maximum atomic E-state index is 10.8. The highest BCUT2D eigenvalue weighted by atomic mass is 16.5. The topological polar surface area (TPSA) is 31.2 Å². The minimum atomic E-state index is -0.0761. The Hall–Kier alpha value is -1.09. The zero-order valence-electron chi connectivity index (χ0n) is 9.27. The molecule has 0 saturated carbocycles. The average Bonchev–Trinajstić information content (AvgIpc) is 2.63. The normalized spacial score (nSPS) is 25.1. The Morgan fingerprint density at radius 1 is 1.60 bits per heavy atom. The summed E-state index contributed by atoms with van der Waals surface area (Å²) in [5.41, 5.74) is 0.686. The number of aromatic nitrogens is 1. The summed E-state index contributed by atoms with van der Waals surface area (Å²) in [4.78, 5) is 10.8. The summed E-state index contributed by atoms with van der Waals surface area (Å²) in [5.74, 6) is 0. The van der Waals surface area contributed by atoms with Gasteiger partial charge in [0, 0.05) is 18.8 Å². The largest absolute Gasteiger partial charge is 0.375 e. The van der Waals surface area contributed by atoms with Gasteiger partial charge in [-0.3, -0.25) is 4.79 Å². The van der Waals surface area contributed by atoms with E-state index in [1.54, 1.807) is 0 Å². The monoisotopic (exact) mass is 207 g/mol. The lowest BCUT2D eigenvalue weighted by atomic mass is 9.93. The van der Waals surface area contributed by atoms with Crippen molar-refractivity contribution in [1.82, 2.24) is 4.57 Å². The van der Waals surface area contributed by atoms with Crippen LogP contribution in [-0.4, -0.2) is 23.1 Å². The molecule has 0 N–H and O–H groups in total. The van der Waals surface area contributed by atoms with Gasteiger partial charge in [0.05, 0.1) is 11.3 Å². The quantitative estimate of drug-likeness (QED) is 0.697. The van der Waals surface area contributed by atoms with Crippen LogP contribution in [0.2, 0.25) is 0 Å². The number of ether oxygens (including phenoxy) is 1. The Balaban J connectivity index is 2.20. The number of rotatable bonds is 2. The molecule has 3 nitrogen and oxygen atoms in total. The summed E-state index contributed by atoms with van der Waals surface area (Å²) in [7, 11) is 0. The van der Waals surface area contributed by atoms with Crippen molar-refractivity contribution in [2.75, 3.05) is 6.61 Å². The fourth-order valence-corrected chi connectivity index (χ4v) is 2.28. The van der Waals surface area contributed by atoms with Gasteiger partial charge in [-0.15, -0.1) is 0 Å². The summed E-state index contributed by atoms with van der Waals surface area (Å²) >= 11 is 0. The molecule has 0 radical (unpaired) electrons. The van der Waals surface area contributed by atoms with Gasteiger partial charge < -0.3 is 9.30 Å². The first-order chi connectivity index (χ1) is 7.12. The molecule has 3 heteroatoms. The van der Waals surface area contributed by atoms with E-state index in [0.29, 0.717) is 6.04 Å². The van der Waals surface area contributed by atoms with Crippen LogP contribution >= 0.6 is 0 Å². The lowest BCUT2D eigenvalue weighted by Crippen LogP contribution is -2.35. The molecule has 2 heterocycles. The van der Waals surface area contributed by atoms with Gasteiger partial charge in [-0.05, 0) is 38.8 Å². The molecule has 0 spiro atoms. The van der Waals surface area contributed by atoms with E-state index >= 15 is 0 Å². The molecule has 0 amide bonds. The summed E-state index contributed by atoms with van der Waals surface area (Å²) in [6, 6.07) is 4.17. The Bertz CT molecular complexity index is 354. The molecule has 1 unspecified atom stereocenters. The number of aldehydes is 1. The summed E-state index contributed by atoms with van der Waals surface area (Å²) in [6.07, 6.45) is 4.85. The third kappa shape index (κ3) is 2.12. The van der Waals surface area contributed by atoms with Crippen LogP contribution in [0.25, 0.3) is 0 Å². The van der Waals surface area contributed by atoms with Crippen molar-refractivity contribution in [1.29, 1.82) is 0 Å². The van der Waals surface area contributed by atoms with E-state index in [9.17, 15) is 4.79 Å². The zero-order valence-corrected chi connectivity index (χ0v) is 9.27. The smallest absolute Gasteiger partial charge is 0.166 e. The standard InChI is InChI=1S/C12H17NO2/c1-12(2)8-10(5-7-15-12)13-6-3-4-11(13)9-14/h3-4,6,9-10H,5,7-8H2,1-2H3. The number of hydrogen-bond donors (Lipinski definition) is 0. The number of nitrogens with zero attached hydrogens (tertiary/aromatic N) is 1. The van der Waals surface area contributed by atoms with E-state index in [2.05, 4.69) is 18.4 Å². The third-order valence-corrected chi connectivity index (χ3v) is 3.00. The minimum Gasteiger partial charge on any atom is -0.375 e. The SMILES string of the molecule is CC1(C)CC(n2cccc2C=O)CCO1. The Morgan fingerprint density at radius 3 is 3.07 bits per heavy atom. The predicted octanol–water partition coefficient (Wildman–Crippen LogP) is 2.43. The highest BCUT2D eigenvalue weighted by Gasteiger charge is 2.30. The fraction of sp³-hybridized carbons (Fsp3) is 0.583. The zero-order chi connectivity index (χ0) is 10.9. The molecule has 82 valence electrons. The van der Waals surface area contributed by atoms with Gasteiger partial charge in [-0.2, -0.15) is 0 Å². The van der Waals surface area contributed by atoms with E-state index in [-0.39, 0.29) is 5.60 Å². The minimum absolute atomic E-state index is 0.0761. The van der Waals surface area contributed by atoms with E-state index in [1.165, 1.54) is 0 Å². The molecule has 0 aliphatic carbocycles. The van der Waals surface area contributed by atoms with Crippen molar-refractivity contribution in [3.63, 3.8) is 0 Å². The van der Waals surface area contributed by atoms with Crippen LogP contribution in [0.15, 0.2) is 18.3 Å². The molecule has 15 heavy (non-hydrogen) atoms. The summed E-state index contributed by atoms with van der Waals surface area (Å²) < 4.78 is 7.73. The molecule has 1 fully saturated rings. The van der Waals surface area contributed by atoms with Gasteiger partial charge in [0.15, 0.2) is 6.29 Å². The van der Waals surface area contributed by atoms with E-state index in [1.807, 2.05) is 18.3 Å². The molecule has 1 aliphatic heterocycles. The van der Waals surface area contributed by atoms with Crippen LogP contribution in [0.3, 0.4) is 0 Å². The van der Waals surface area contributed by atoms with Gasteiger partial charge in [0.25, 0.3) is 0 Å². The summed E-state index contributed by atoms with van der Waals surface area (Å²) in [6.45, 7) is 4.97. The van der Waals surface area contributed by atoms with Gasteiger partial charge >= 0.3 is 0 Å². The molecule has 1 aliphatic rings. The average molecular weight is 207 g/mol. The van der Waals surface area contributed by atoms with Gasteiger partial charge in [-0.25, -0.2) is 0 Å². The van der Waals surface area contributed by atoms with Crippen molar-refractivity contribution in [3.05, 3.63) is 24.0 Å². The first kappa shape index (κ1) is 10.4. The highest BCUT2D eigenvalue weighted by molar-refractivity contribution is 5.72. The highest BCUT2D eigenvalue weighted by Crippen LogP contribution is 2.32. The van der Waals surface area contributed by atoms with Gasteiger partial charge in [0.1, 0.15) is 0 Å². The van der Waals surface area contributed by atoms with Crippen molar-refractivity contribution in [2.24, 2.45) is 0 Å². The number of hydrogen-bond acceptors (Lipinski definition) is 2. The lowest BCUT2D eigenvalue weighted by Gasteiger charge is -2.36. The molecule has 1 aromatic rings. The van der Waals surface area contributed by atoms with Crippen LogP contribution in [-0.2, 0) is 4.74 Å².